The Morgan fingerprint density at radius 3 is 2.50 bits per heavy atom. The Hall–Kier alpha value is -2.73. The Labute approximate surface area is 157 Å². The van der Waals surface area contributed by atoms with Crippen LogP contribution in [0, 0.1) is 0 Å². The minimum absolute atomic E-state index is 0.0814. The number of rotatable bonds is 4. The van der Waals surface area contributed by atoms with Crippen molar-refractivity contribution in [2.45, 2.75) is 26.4 Å². The van der Waals surface area contributed by atoms with Gasteiger partial charge in [-0.25, -0.2) is 4.79 Å². The lowest BCUT2D eigenvalue weighted by molar-refractivity contribution is -0.125. The summed E-state index contributed by atoms with van der Waals surface area (Å²) in [5.74, 6) is 0.552. The highest BCUT2D eigenvalue weighted by atomic mass is 35.5. The second-order valence-electron chi connectivity index (χ2n) is 6.02. The third-order valence-corrected chi connectivity index (χ3v) is 4.23. The predicted molar refractivity (Wildman–Crippen MR) is 103 cm³/mol. The first kappa shape index (κ1) is 18.1. The Bertz CT molecular complexity index is 823. The Balaban J connectivity index is 1.76. The summed E-state index contributed by atoms with van der Waals surface area (Å²) in [5, 5.41) is 6.09. The predicted octanol–water partition coefficient (Wildman–Crippen LogP) is 4.51. The van der Waals surface area contributed by atoms with Gasteiger partial charge in [0.25, 0.3) is 5.91 Å². The highest BCUT2D eigenvalue weighted by Crippen LogP contribution is 2.36. The van der Waals surface area contributed by atoms with Crippen LogP contribution in [0.5, 0.6) is 5.75 Å². The quantitative estimate of drug-likeness (QED) is 0.828. The van der Waals surface area contributed by atoms with Gasteiger partial charge in [0.15, 0.2) is 6.10 Å². The lowest BCUT2D eigenvalue weighted by atomic mass is 10.1. The minimum Gasteiger partial charge on any atom is -0.479 e. The zero-order valence-corrected chi connectivity index (χ0v) is 15.3. The molecule has 1 aliphatic rings. The van der Waals surface area contributed by atoms with Gasteiger partial charge in [0, 0.05) is 22.9 Å². The van der Waals surface area contributed by atoms with Crippen molar-refractivity contribution in [2.24, 2.45) is 0 Å². The van der Waals surface area contributed by atoms with Gasteiger partial charge in [-0.1, -0.05) is 18.5 Å². The van der Waals surface area contributed by atoms with E-state index in [1.54, 1.807) is 54.3 Å². The van der Waals surface area contributed by atoms with Crippen LogP contribution >= 0.6 is 11.6 Å². The molecule has 136 valence electrons. The molecule has 0 saturated heterocycles. The van der Waals surface area contributed by atoms with Gasteiger partial charge in [0.1, 0.15) is 5.75 Å². The van der Waals surface area contributed by atoms with Crippen molar-refractivity contribution >= 4 is 40.6 Å². The number of carbonyl (C=O) groups is 2. The lowest BCUT2D eigenvalue weighted by Crippen LogP contribution is -2.44. The molecule has 2 aromatic carbocycles. The maximum absolute atomic E-state index is 12.4. The van der Waals surface area contributed by atoms with E-state index in [0.29, 0.717) is 34.4 Å². The number of anilines is 3. The van der Waals surface area contributed by atoms with Crippen LogP contribution in [0.3, 0.4) is 0 Å². The van der Waals surface area contributed by atoms with Crippen molar-refractivity contribution in [3.8, 4) is 5.75 Å². The molecule has 0 aromatic heterocycles. The van der Waals surface area contributed by atoms with Crippen molar-refractivity contribution < 1.29 is 14.3 Å². The van der Waals surface area contributed by atoms with Crippen molar-refractivity contribution in [3.05, 3.63) is 47.5 Å². The van der Waals surface area contributed by atoms with Gasteiger partial charge in [-0.2, -0.15) is 0 Å². The highest BCUT2D eigenvalue weighted by Gasteiger charge is 2.31. The molecule has 1 unspecified atom stereocenters. The summed E-state index contributed by atoms with van der Waals surface area (Å²) in [6.45, 7) is 4.34. The molecule has 1 atom stereocenters. The van der Waals surface area contributed by atoms with E-state index in [1.165, 1.54) is 0 Å². The smallest absolute Gasteiger partial charge is 0.323 e. The number of urea groups is 1. The fraction of sp³-hybridized carbons (Fsp3) is 0.263. The first-order valence-electron chi connectivity index (χ1n) is 8.43. The van der Waals surface area contributed by atoms with E-state index >= 15 is 0 Å². The van der Waals surface area contributed by atoms with Crippen LogP contribution in [0.1, 0.15) is 20.3 Å². The number of hydrogen-bond acceptors (Lipinski definition) is 3. The molecule has 0 spiro atoms. The third-order valence-electron chi connectivity index (χ3n) is 3.97. The monoisotopic (exact) mass is 373 g/mol. The number of fused-ring (bicyclic) bond motifs is 1. The first-order valence-corrected chi connectivity index (χ1v) is 8.81. The average molecular weight is 374 g/mol. The summed E-state index contributed by atoms with van der Waals surface area (Å²) in [6.07, 6.45) is 0.313. The van der Waals surface area contributed by atoms with Gasteiger partial charge < -0.3 is 20.3 Å². The molecule has 2 aromatic rings. The van der Waals surface area contributed by atoms with Crippen LogP contribution in [0.25, 0.3) is 0 Å². The molecular weight excluding hydrogens is 354 g/mol. The standard InChI is InChI=1S/C19H20ClN3O3/c1-3-10-23-16-11-15(8-9-17(16)26-12(2)18(23)24)22-19(25)21-14-6-4-13(20)5-7-14/h4-9,11-12H,3,10H2,1-2H3,(H2,21,22,25). The molecule has 3 rings (SSSR count). The minimum atomic E-state index is -0.513. The van der Waals surface area contributed by atoms with Crippen LogP contribution in [0.15, 0.2) is 42.5 Å². The maximum Gasteiger partial charge on any atom is 0.323 e. The van der Waals surface area contributed by atoms with E-state index in [-0.39, 0.29) is 11.9 Å². The van der Waals surface area contributed by atoms with Crippen molar-refractivity contribution in [3.63, 3.8) is 0 Å². The van der Waals surface area contributed by atoms with E-state index in [0.717, 1.165) is 6.42 Å². The molecule has 0 fully saturated rings. The van der Waals surface area contributed by atoms with Gasteiger partial charge in [-0.3, -0.25) is 4.79 Å². The van der Waals surface area contributed by atoms with Crippen LogP contribution in [0.2, 0.25) is 5.02 Å². The molecule has 0 saturated carbocycles. The Kier molecular flexibility index (Phi) is 5.32. The van der Waals surface area contributed by atoms with Crippen molar-refractivity contribution in [2.75, 3.05) is 22.1 Å². The molecule has 6 nitrogen and oxygen atoms in total. The van der Waals surface area contributed by atoms with Crippen LogP contribution in [-0.2, 0) is 4.79 Å². The van der Waals surface area contributed by atoms with E-state index in [2.05, 4.69) is 10.6 Å². The number of ether oxygens (including phenoxy) is 1. The van der Waals surface area contributed by atoms with Gasteiger partial charge in [0.2, 0.25) is 0 Å². The molecule has 1 aliphatic heterocycles. The third kappa shape index (κ3) is 3.91. The zero-order valence-electron chi connectivity index (χ0n) is 14.6. The number of hydrogen-bond donors (Lipinski definition) is 2. The summed E-state index contributed by atoms with van der Waals surface area (Å²) in [5.41, 5.74) is 1.87. The van der Waals surface area contributed by atoms with Crippen LogP contribution in [-0.4, -0.2) is 24.6 Å². The number of halogens is 1. The SMILES string of the molecule is CCCN1C(=O)C(C)Oc2ccc(NC(=O)Nc3ccc(Cl)cc3)cc21. The topological polar surface area (TPSA) is 70.7 Å². The summed E-state index contributed by atoms with van der Waals surface area (Å²) >= 11 is 5.83. The molecule has 26 heavy (non-hydrogen) atoms. The molecule has 7 heteroatoms. The second kappa shape index (κ2) is 7.66. The number of nitrogens with one attached hydrogen (secondary N) is 2. The fourth-order valence-corrected chi connectivity index (χ4v) is 2.89. The van der Waals surface area contributed by atoms with E-state index < -0.39 is 6.10 Å². The van der Waals surface area contributed by atoms with Crippen molar-refractivity contribution in [1.82, 2.24) is 0 Å². The van der Waals surface area contributed by atoms with Crippen LogP contribution in [0.4, 0.5) is 21.9 Å². The van der Waals surface area contributed by atoms with Gasteiger partial charge in [-0.05, 0) is 55.8 Å². The van der Waals surface area contributed by atoms with E-state index in [9.17, 15) is 9.59 Å². The first-order chi connectivity index (χ1) is 12.5. The number of nitrogens with zero attached hydrogens (tertiary/aromatic N) is 1. The highest BCUT2D eigenvalue weighted by molar-refractivity contribution is 6.30. The fourth-order valence-electron chi connectivity index (χ4n) is 2.77. The maximum atomic E-state index is 12.4. The lowest BCUT2D eigenvalue weighted by Gasteiger charge is -2.33. The molecule has 0 radical (unpaired) electrons. The molecule has 1 heterocycles. The second-order valence-corrected chi connectivity index (χ2v) is 6.45. The van der Waals surface area contributed by atoms with Crippen molar-refractivity contribution in [1.29, 1.82) is 0 Å². The zero-order chi connectivity index (χ0) is 18.7. The average Bonchev–Trinajstić information content (AvgIpc) is 2.61. The molecule has 3 amide bonds. The summed E-state index contributed by atoms with van der Waals surface area (Å²) in [4.78, 5) is 26.3. The summed E-state index contributed by atoms with van der Waals surface area (Å²) in [6, 6.07) is 11.7. The van der Waals surface area contributed by atoms with Gasteiger partial charge in [0.05, 0.1) is 5.69 Å². The van der Waals surface area contributed by atoms with Gasteiger partial charge >= 0.3 is 6.03 Å². The molecular formula is C19H20ClN3O3. The summed E-state index contributed by atoms with van der Waals surface area (Å²) in [7, 11) is 0. The molecule has 2 N–H and O–H groups in total. The molecule has 0 aliphatic carbocycles. The van der Waals surface area contributed by atoms with Crippen LogP contribution < -0.4 is 20.3 Å². The number of carbonyl (C=O) groups excluding carboxylic acids is 2. The number of amides is 3. The Morgan fingerprint density at radius 1 is 1.15 bits per heavy atom. The van der Waals surface area contributed by atoms with E-state index in [4.69, 9.17) is 16.3 Å². The number of benzene rings is 2. The molecule has 0 bridgehead atoms. The Morgan fingerprint density at radius 2 is 1.81 bits per heavy atom. The van der Waals surface area contributed by atoms with Gasteiger partial charge in [-0.15, -0.1) is 0 Å². The largest absolute Gasteiger partial charge is 0.479 e. The normalized spacial score (nSPS) is 15.9. The van der Waals surface area contributed by atoms with E-state index in [1.807, 2.05) is 6.92 Å². The summed E-state index contributed by atoms with van der Waals surface area (Å²) < 4.78 is 5.66.